The second kappa shape index (κ2) is 20.8. The highest BCUT2D eigenvalue weighted by atomic mass is 16.5. The number of rotatable bonds is 14. The number of aromatic nitrogens is 4. The fraction of sp³-hybridized carbons (Fsp3) is 0.143. The van der Waals surface area contributed by atoms with Crippen molar-refractivity contribution in [3.8, 4) is 50.3 Å². The molecule has 3 aliphatic rings. The predicted octanol–water partition coefficient (Wildman–Crippen LogP) is 14.5. The smallest absolute Gasteiger partial charge is 0.338 e. The summed E-state index contributed by atoms with van der Waals surface area (Å²) in [5.41, 5.74) is 17.2. The van der Waals surface area contributed by atoms with Gasteiger partial charge in [-0.15, -0.1) is 0 Å². The molecule has 3 N–H and O–H groups in total. The normalized spacial score (nSPS) is 14.1. The molecule has 8 bridgehead atoms. The molecule has 0 spiro atoms. The number of carbonyl (C=O) groups is 2. The first-order chi connectivity index (χ1) is 35.9. The van der Waals surface area contributed by atoms with Crippen LogP contribution in [0.3, 0.4) is 0 Å². The van der Waals surface area contributed by atoms with E-state index in [0.29, 0.717) is 24.4 Å². The van der Waals surface area contributed by atoms with E-state index in [0.717, 1.165) is 120 Å². The zero-order valence-corrected chi connectivity index (χ0v) is 40.8. The summed E-state index contributed by atoms with van der Waals surface area (Å²) in [4.78, 5) is 46.8. The van der Waals surface area contributed by atoms with Crippen LogP contribution in [0, 0.1) is 0 Å². The first-order valence-electron chi connectivity index (χ1n) is 25.0. The van der Waals surface area contributed by atoms with Gasteiger partial charge >= 0.3 is 12.0 Å². The van der Waals surface area contributed by atoms with Crippen molar-refractivity contribution >= 4 is 58.4 Å². The van der Waals surface area contributed by atoms with Crippen LogP contribution in [-0.4, -0.2) is 56.6 Å². The number of fused-ring (bicyclic) bond motifs is 8. The third kappa shape index (κ3) is 9.50. The topological polar surface area (TPSA) is 125 Å². The number of hydrogen-bond donors (Lipinski definition) is 3. The minimum absolute atomic E-state index is 0.228. The highest BCUT2D eigenvalue weighted by molar-refractivity contribution is 6.00. The number of nitrogens with zero attached hydrogens (tertiary/aromatic N) is 3. The first-order valence-corrected chi connectivity index (χ1v) is 25.0. The molecule has 1 unspecified atom stereocenters. The van der Waals surface area contributed by atoms with Crippen molar-refractivity contribution in [1.29, 1.82) is 0 Å². The van der Waals surface area contributed by atoms with Gasteiger partial charge in [0.2, 0.25) is 0 Å². The van der Waals surface area contributed by atoms with Gasteiger partial charge in [0.15, 0.2) is 0 Å². The summed E-state index contributed by atoms with van der Waals surface area (Å²) in [6, 6.07) is 56.8. The van der Waals surface area contributed by atoms with Crippen molar-refractivity contribution in [3.05, 3.63) is 209 Å². The van der Waals surface area contributed by atoms with Gasteiger partial charge in [0.05, 0.1) is 47.6 Å². The standard InChI is InChI=1S/C63H54N6O4/c1-3-72-62(70)56-41(2)69(63(71)68-61(56)46-25-15-7-16-26-46)39-17-8-18-40-73-47-29-27-45(28-30-47)60-54-37-35-52(66-54)58(43-21-11-5-12-22-43)50-33-31-48(64-50)57(42-19-9-4-10-20-42)49-32-34-51(65-49)59(44-23-13-6-14-24-44)53-36-38-55(60)67-53/h4-7,9-16,19-38,61,64,67H,3,8,17-18,39-40H2,1-2H3,(H,68,71). The SMILES string of the molecule is CCOC(=O)C1=C(C)N(CCCCCOc2ccc(-c3c4nc(c(-c5ccccc5)c5ccc([nH]5)c(-c5ccccc5)c5nc(c(-c6ccccc6)c6ccc3[nH]6)C=C5)C=C4)cc2)C(=O)NC1c1ccccc1. The fourth-order valence-electron chi connectivity index (χ4n) is 10.1. The summed E-state index contributed by atoms with van der Waals surface area (Å²) in [5, 5.41) is 3.05. The number of ether oxygens (including phenoxy) is 2. The number of nitrogens with one attached hydrogen (secondary N) is 3. The van der Waals surface area contributed by atoms with E-state index in [1.165, 1.54) is 0 Å². The molecule has 10 nitrogen and oxygen atoms in total. The second-order valence-electron chi connectivity index (χ2n) is 18.2. The Balaban J connectivity index is 0.918. The molecule has 3 aromatic heterocycles. The first kappa shape index (κ1) is 46.4. The van der Waals surface area contributed by atoms with Crippen LogP contribution >= 0.6 is 0 Å². The van der Waals surface area contributed by atoms with Crippen molar-refractivity contribution in [3.63, 3.8) is 0 Å². The molecule has 11 rings (SSSR count). The molecule has 73 heavy (non-hydrogen) atoms. The highest BCUT2D eigenvalue weighted by Gasteiger charge is 2.36. The van der Waals surface area contributed by atoms with Crippen LogP contribution < -0.4 is 10.1 Å². The van der Waals surface area contributed by atoms with E-state index in [9.17, 15) is 9.59 Å². The van der Waals surface area contributed by atoms with Crippen LogP contribution in [0.5, 0.6) is 5.75 Å². The molecule has 10 heteroatoms. The molecule has 2 amide bonds. The number of esters is 1. The van der Waals surface area contributed by atoms with Crippen LogP contribution in [0.4, 0.5) is 4.79 Å². The van der Waals surface area contributed by atoms with Gasteiger partial charge < -0.3 is 24.8 Å². The van der Waals surface area contributed by atoms with Gasteiger partial charge in [-0.25, -0.2) is 19.6 Å². The maximum Gasteiger partial charge on any atom is 0.338 e. The van der Waals surface area contributed by atoms with Crippen LogP contribution in [0.1, 0.15) is 67.5 Å². The zero-order valence-electron chi connectivity index (χ0n) is 40.8. The molecule has 5 aromatic carbocycles. The molecule has 1 atom stereocenters. The molecule has 0 radical (unpaired) electrons. The summed E-state index contributed by atoms with van der Waals surface area (Å²) in [7, 11) is 0. The van der Waals surface area contributed by atoms with E-state index in [-0.39, 0.29) is 12.6 Å². The highest BCUT2D eigenvalue weighted by Crippen LogP contribution is 2.39. The monoisotopic (exact) mass is 958 g/mol. The lowest BCUT2D eigenvalue weighted by atomic mass is 9.95. The molecule has 0 fully saturated rings. The van der Waals surface area contributed by atoms with Gasteiger partial charge in [0.25, 0.3) is 0 Å². The van der Waals surface area contributed by atoms with E-state index in [1.54, 1.807) is 11.8 Å². The van der Waals surface area contributed by atoms with Gasteiger partial charge in [0.1, 0.15) is 5.75 Å². The van der Waals surface area contributed by atoms with Crippen LogP contribution in [0.2, 0.25) is 0 Å². The van der Waals surface area contributed by atoms with E-state index >= 15 is 0 Å². The van der Waals surface area contributed by atoms with Gasteiger partial charge in [0, 0.05) is 56.6 Å². The molecule has 0 saturated carbocycles. The molecule has 6 heterocycles. The number of amides is 2. The maximum absolute atomic E-state index is 13.4. The fourth-order valence-corrected chi connectivity index (χ4v) is 10.1. The van der Waals surface area contributed by atoms with E-state index in [1.807, 2.05) is 67.6 Å². The van der Waals surface area contributed by atoms with Gasteiger partial charge in [-0.3, -0.25) is 4.90 Å². The number of allylic oxidation sites excluding steroid dienone is 1. The summed E-state index contributed by atoms with van der Waals surface area (Å²) < 4.78 is 11.8. The molecule has 360 valence electrons. The van der Waals surface area contributed by atoms with Crippen molar-refractivity contribution in [1.82, 2.24) is 30.2 Å². The Hall–Kier alpha value is -9.02. The Morgan fingerprint density at radius 2 is 0.959 bits per heavy atom. The van der Waals surface area contributed by atoms with Gasteiger partial charge in [-0.1, -0.05) is 133 Å². The molecular formula is C63H54N6O4. The van der Waals surface area contributed by atoms with Crippen molar-refractivity contribution in [2.45, 2.75) is 39.2 Å². The van der Waals surface area contributed by atoms with Crippen molar-refractivity contribution < 1.29 is 19.1 Å². The Bertz CT molecular complexity index is 3560. The average Bonchev–Trinajstić information content (AvgIpc) is 4.29. The third-order valence-electron chi connectivity index (χ3n) is 13.6. The Morgan fingerprint density at radius 3 is 1.40 bits per heavy atom. The van der Waals surface area contributed by atoms with E-state index in [4.69, 9.17) is 19.4 Å². The minimum Gasteiger partial charge on any atom is -0.494 e. The van der Waals surface area contributed by atoms with Gasteiger partial charge in [-0.05, 0) is 122 Å². The Morgan fingerprint density at radius 1 is 0.534 bits per heavy atom. The quantitative estimate of drug-likeness (QED) is 0.0736. The number of hydrogen-bond acceptors (Lipinski definition) is 6. The molecule has 0 saturated heterocycles. The lowest BCUT2D eigenvalue weighted by Gasteiger charge is -2.35. The zero-order chi connectivity index (χ0) is 49.7. The lowest BCUT2D eigenvalue weighted by molar-refractivity contribution is -0.139. The Labute approximate surface area is 424 Å². The molecule has 0 aliphatic carbocycles. The third-order valence-corrected chi connectivity index (χ3v) is 13.6. The number of H-pyrrole nitrogens is 2. The Kier molecular flexibility index (Phi) is 13.2. The van der Waals surface area contributed by atoms with Crippen LogP contribution in [0.25, 0.3) is 90.9 Å². The largest absolute Gasteiger partial charge is 0.494 e. The van der Waals surface area contributed by atoms with Crippen LogP contribution in [0.15, 0.2) is 181 Å². The summed E-state index contributed by atoms with van der Waals surface area (Å²) in [6.07, 6.45) is 10.8. The summed E-state index contributed by atoms with van der Waals surface area (Å²) >= 11 is 0. The average molecular weight is 959 g/mol. The van der Waals surface area contributed by atoms with E-state index in [2.05, 4.69) is 149 Å². The maximum atomic E-state index is 13.4. The summed E-state index contributed by atoms with van der Waals surface area (Å²) in [5.74, 6) is 0.336. The number of unbranched alkanes of at least 4 members (excludes halogenated alkanes) is 2. The number of carbonyl (C=O) groups excluding carboxylic acids is 2. The minimum atomic E-state index is -0.573. The molecule has 3 aliphatic heterocycles. The number of benzene rings is 5. The number of urea groups is 1. The molecular weight excluding hydrogens is 905 g/mol. The lowest BCUT2D eigenvalue weighted by Crippen LogP contribution is -2.48. The van der Waals surface area contributed by atoms with E-state index < -0.39 is 12.0 Å². The molecule has 8 aromatic rings. The second-order valence-corrected chi connectivity index (χ2v) is 18.2. The van der Waals surface area contributed by atoms with Gasteiger partial charge in [-0.2, -0.15) is 0 Å². The van der Waals surface area contributed by atoms with Crippen molar-refractivity contribution in [2.75, 3.05) is 19.8 Å². The summed E-state index contributed by atoms with van der Waals surface area (Å²) in [6.45, 7) is 4.83. The number of aromatic amines is 2. The van der Waals surface area contributed by atoms with Crippen LogP contribution in [-0.2, 0) is 9.53 Å². The predicted molar refractivity (Wildman–Crippen MR) is 294 cm³/mol. The van der Waals surface area contributed by atoms with Crippen molar-refractivity contribution in [2.24, 2.45) is 0 Å².